The number of aromatic hydroxyl groups is 1. The van der Waals surface area contributed by atoms with Crippen molar-refractivity contribution in [2.24, 2.45) is 0 Å². The first-order chi connectivity index (χ1) is 10.9. The molecule has 2 aromatic heterocycles. The molecule has 1 N–H and O–H groups in total. The Balaban J connectivity index is 1.65. The number of halogens is 3. The molecule has 1 fully saturated rings. The average molecular weight is 324 g/mol. The highest BCUT2D eigenvalue weighted by molar-refractivity contribution is 5.50. The van der Waals surface area contributed by atoms with E-state index < -0.39 is 11.7 Å². The second kappa shape index (κ2) is 5.94. The fourth-order valence-electron chi connectivity index (χ4n) is 2.52. The molecule has 2 aromatic rings. The smallest absolute Gasteiger partial charge is 0.417 e. The zero-order valence-corrected chi connectivity index (χ0v) is 12.2. The Bertz CT molecular complexity index is 667. The van der Waals surface area contributed by atoms with Gasteiger partial charge in [0, 0.05) is 38.4 Å². The van der Waals surface area contributed by atoms with Crippen molar-refractivity contribution in [2.75, 3.05) is 36.0 Å². The number of aromatic nitrogens is 2. The van der Waals surface area contributed by atoms with Crippen molar-refractivity contribution in [3.8, 4) is 5.75 Å². The van der Waals surface area contributed by atoms with Gasteiger partial charge in [-0.25, -0.2) is 4.98 Å². The van der Waals surface area contributed by atoms with Crippen molar-refractivity contribution in [1.82, 2.24) is 9.97 Å². The molecule has 1 aliphatic heterocycles. The molecule has 122 valence electrons. The molecule has 1 saturated heterocycles. The van der Waals surface area contributed by atoms with Crippen LogP contribution in [0.3, 0.4) is 0 Å². The average Bonchev–Trinajstić information content (AvgIpc) is 2.54. The number of piperazine rings is 1. The normalized spacial score (nSPS) is 15.8. The van der Waals surface area contributed by atoms with Crippen LogP contribution in [0.2, 0.25) is 0 Å². The van der Waals surface area contributed by atoms with Crippen LogP contribution < -0.4 is 9.80 Å². The Morgan fingerprint density at radius 3 is 2.22 bits per heavy atom. The maximum atomic E-state index is 12.5. The van der Waals surface area contributed by atoms with Crippen molar-refractivity contribution < 1.29 is 18.3 Å². The van der Waals surface area contributed by atoms with E-state index in [0.717, 1.165) is 18.0 Å². The summed E-state index contributed by atoms with van der Waals surface area (Å²) in [5.41, 5.74) is 0.0794. The molecule has 23 heavy (non-hydrogen) atoms. The van der Waals surface area contributed by atoms with Crippen molar-refractivity contribution in [2.45, 2.75) is 6.18 Å². The van der Waals surface area contributed by atoms with Gasteiger partial charge in [-0.3, -0.25) is 4.98 Å². The van der Waals surface area contributed by atoms with E-state index in [1.165, 1.54) is 12.3 Å². The number of anilines is 2. The van der Waals surface area contributed by atoms with Gasteiger partial charge in [-0.2, -0.15) is 13.2 Å². The highest BCUT2D eigenvalue weighted by Crippen LogP contribution is 2.29. The van der Waals surface area contributed by atoms with Gasteiger partial charge in [0.05, 0.1) is 23.6 Å². The Kier molecular flexibility index (Phi) is 3.97. The number of hydrogen-bond acceptors (Lipinski definition) is 5. The Morgan fingerprint density at radius 1 is 0.957 bits per heavy atom. The lowest BCUT2D eigenvalue weighted by molar-refractivity contribution is -0.137. The molecule has 0 aliphatic carbocycles. The van der Waals surface area contributed by atoms with Gasteiger partial charge in [-0.15, -0.1) is 0 Å². The summed E-state index contributed by atoms with van der Waals surface area (Å²) in [4.78, 5) is 11.9. The minimum atomic E-state index is -4.37. The second-order valence-corrected chi connectivity index (χ2v) is 5.28. The Hall–Kier alpha value is -2.51. The third-order valence-electron chi connectivity index (χ3n) is 3.75. The molecule has 0 aromatic carbocycles. The van der Waals surface area contributed by atoms with Crippen molar-refractivity contribution in [3.05, 3.63) is 42.4 Å². The number of pyridine rings is 2. The lowest BCUT2D eigenvalue weighted by Gasteiger charge is -2.36. The van der Waals surface area contributed by atoms with Gasteiger partial charge in [0.15, 0.2) is 0 Å². The molecule has 0 amide bonds. The maximum Gasteiger partial charge on any atom is 0.417 e. The van der Waals surface area contributed by atoms with E-state index >= 15 is 0 Å². The Morgan fingerprint density at radius 2 is 1.65 bits per heavy atom. The molecule has 0 radical (unpaired) electrons. The summed E-state index contributed by atoms with van der Waals surface area (Å²) in [7, 11) is 0. The third-order valence-corrected chi connectivity index (χ3v) is 3.75. The number of hydrogen-bond donors (Lipinski definition) is 1. The maximum absolute atomic E-state index is 12.5. The van der Waals surface area contributed by atoms with Gasteiger partial charge < -0.3 is 14.9 Å². The number of alkyl halides is 3. The monoisotopic (exact) mass is 324 g/mol. The van der Waals surface area contributed by atoms with Crippen LogP contribution in [0, 0.1) is 0 Å². The summed E-state index contributed by atoms with van der Waals surface area (Å²) in [5.74, 6) is 0.640. The molecule has 5 nitrogen and oxygen atoms in total. The molecule has 8 heteroatoms. The molecule has 0 saturated carbocycles. The summed E-state index contributed by atoms with van der Waals surface area (Å²) >= 11 is 0. The van der Waals surface area contributed by atoms with E-state index in [1.54, 1.807) is 12.3 Å². The lowest BCUT2D eigenvalue weighted by atomic mass is 10.2. The Labute approximate surface area is 131 Å². The van der Waals surface area contributed by atoms with Crippen LogP contribution >= 0.6 is 0 Å². The van der Waals surface area contributed by atoms with E-state index in [2.05, 4.69) is 14.9 Å². The molecular weight excluding hydrogens is 309 g/mol. The summed E-state index contributed by atoms with van der Waals surface area (Å²) in [6.45, 7) is 2.61. The van der Waals surface area contributed by atoms with Crippen LogP contribution in [-0.4, -0.2) is 41.3 Å². The molecule has 3 heterocycles. The molecule has 3 rings (SSSR count). The third kappa shape index (κ3) is 3.46. The first kappa shape index (κ1) is 15.4. The zero-order valence-electron chi connectivity index (χ0n) is 12.2. The second-order valence-electron chi connectivity index (χ2n) is 5.28. The predicted molar refractivity (Wildman–Crippen MR) is 79.6 cm³/mol. The van der Waals surface area contributed by atoms with Crippen LogP contribution in [0.4, 0.5) is 24.7 Å². The zero-order chi connectivity index (χ0) is 16.4. The molecule has 0 bridgehead atoms. The summed E-state index contributed by atoms with van der Waals surface area (Å²) in [6, 6.07) is 4.08. The van der Waals surface area contributed by atoms with E-state index in [4.69, 9.17) is 0 Å². The fraction of sp³-hybridized carbons (Fsp3) is 0.333. The standard InChI is InChI=1S/C15H15F3N4O/c16-15(17,18)11-1-2-14(20-8-11)22-5-3-21(4-6-22)12-7-13(23)10-19-9-12/h1-2,7-10,23H,3-6H2. The highest BCUT2D eigenvalue weighted by atomic mass is 19.4. The van der Waals surface area contributed by atoms with Crippen molar-refractivity contribution in [3.63, 3.8) is 0 Å². The van der Waals surface area contributed by atoms with E-state index in [-0.39, 0.29) is 5.75 Å². The van der Waals surface area contributed by atoms with Gasteiger partial charge >= 0.3 is 6.18 Å². The van der Waals surface area contributed by atoms with Crippen LogP contribution in [0.5, 0.6) is 5.75 Å². The minimum Gasteiger partial charge on any atom is -0.506 e. The van der Waals surface area contributed by atoms with Crippen LogP contribution in [0.15, 0.2) is 36.8 Å². The minimum absolute atomic E-state index is 0.106. The predicted octanol–water partition coefficient (Wildman–Crippen LogP) is 2.53. The van der Waals surface area contributed by atoms with Gasteiger partial charge in [-0.05, 0) is 12.1 Å². The van der Waals surface area contributed by atoms with E-state index in [9.17, 15) is 18.3 Å². The van der Waals surface area contributed by atoms with Crippen molar-refractivity contribution >= 4 is 11.5 Å². The number of rotatable bonds is 2. The molecule has 0 unspecified atom stereocenters. The van der Waals surface area contributed by atoms with E-state index in [0.29, 0.717) is 32.0 Å². The highest BCUT2D eigenvalue weighted by Gasteiger charge is 2.31. The topological polar surface area (TPSA) is 52.5 Å². The quantitative estimate of drug-likeness (QED) is 0.920. The fourth-order valence-corrected chi connectivity index (χ4v) is 2.52. The SMILES string of the molecule is Oc1cncc(N2CCN(c3ccc(C(F)(F)F)cn3)CC2)c1. The molecule has 0 spiro atoms. The van der Waals surface area contributed by atoms with Crippen LogP contribution in [0.25, 0.3) is 0 Å². The summed E-state index contributed by atoms with van der Waals surface area (Å²) in [6.07, 6.45) is -0.467. The summed E-state index contributed by atoms with van der Waals surface area (Å²) < 4.78 is 37.6. The largest absolute Gasteiger partial charge is 0.506 e. The first-order valence-corrected chi connectivity index (χ1v) is 7.10. The van der Waals surface area contributed by atoms with Gasteiger partial charge in [0.25, 0.3) is 0 Å². The molecule has 1 aliphatic rings. The number of nitrogens with zero attached hydrogens (tertiary/aromatic N) is 4. The van der Waals surface area contributed by atoms with Gasteiger partial charge in [0.1, 0.15) is 11.6 Å². The van der Waals surface area contributed by atoms with Gasteiger partial charge in [0.2, 0.25) is 0 Å². The van der Waals surface area contributed by atoms with Crippen LogP contribution in [0.1, 0.15) is 5.56 Å². The molecule has 0 atom stereocenters. The molecular formula is C15H15F3N4O. The van der Waals surface area contributed by atoms with Crippen molar-refractivity contribution in [1.29, 1.82) is 0 Å². The van der Waals surface area contributed by atoms with Crippen LogP contribution in [-0.2, 0) is 6.18 Å². The lowest BCUT2D eigenvalue weighted by Crippen LogP contribution is -2.46. The first-order valence-electron chi connectivity index (χ1n) is 7.10. The van der Waals surface area contributed by atoms with E-state index in [1.807, 2.05) is 4.90 Å². The summed E-state index contributed by atoms with van der Waals surface area (Å²) in [5, 5.41) is 9.46. The van der Waals surface area contributed by atoms with Gasteiger partial charge in [-0.1, -0.05) is 0 Å².